The van der Waals surface area contributed by atoms with E-state index in [1.54, 1.807) is 0 Å². The number of nitrogens with two attached hydrogens (primary N) is 1. The van der Waals surface area contributed by atoms with Gasteiger partial charge in [-0.2, -0.15) is 13.2 Å². The molecule has 1 aliphatic carbocycles. The highest BCUT2D eigenvalue weighted by Crippen LogP contribution is 2.30. The Hall–Kier alpha value is -1.56. The van der Waals surface area contributed by atoms with E-state index in [1.165, 1.54) is 12.1 Å². The fourth-order valence-electron chi connectivity index (χ4n) is 1.86. The number of rotatable bonds is 2. The number of hydrogen-bond donors (Lipinski definition) is 2. The van der Waals surface area contributed by atoms with Crippen LogP contribution in [-0.4, -0.2) is 11.9 Å². The van der Waals surface area contributed by atoms with Crippen molar-refractivity contribution in [3.8, 4) is 0 Å². The van der Waals surface area contributed by atoms with Crippen LogP contribution in [0.5, 0.6) is 0 Å². The number of carbonyl (C=O) groups is 1. The first-order valence-electron chi connectivity index (χ1n) is 5.60. The van der Waals surface area contributed by atoms with Crippen LogP contribution in [0.2, 0.25) is 0 Å². The topological polar surface area (TPSA) is 55.1 Å². The zero-order valence-corrected chi connectivity index (χ0v) is 9.50. The Morgan fingerprint density at radius 3 is 2.22 bits per heavy atom. The van der Waals surface area contributed by atoms with Crippen molar-refractivity contribution < 1.29 is 18.0 Å². The molecule has 2 rings (SSSR count). The molecule has 1 amide bonds. The highest BCUT2D eigenvalue weighted by atomic mass is 19.4. The van der Waals surface area contributed by atoms with Crippen molar-refractivity contribution >= 4 is 11.6 Å². The van der Waals surface area contributed by atoms with E-state index in [0.29, 0.717) is 18.5 Å². The summed E-state index contributed by atoms with van der Waals surface area (Å²) < 4.78 is 36.9. The van der Waals surface area contributed by atoms with Crippen LogP contribution >= 0.6 is 0 Å². The first-order valence-corrected chi connectivity index (χ1v) is 5.60. The summed E-state index contributed by atoms with van der Waals surface area (Å²) in [7, 11) is 0. The van der Waals surface area contributed by atoms with Crippen LogP contribution in [0.3, 0.4) is 0 Å². The van der Waals surface area contributed by atoms with Crippen LogP contribution in [0, 0.1) is 5.92 Å². The van der Waals surface area contributed by atoms with Crippen molar-refractivity contribution in [2.45, 2.75) is 25.1 Å². The number of halogens is 3. The molecule has 0 bridgehead atoms. The lowest BCUT2D eigenvalue weighted by molar-refractivity contribution is -0.137. The molecule has 0 heterocycles. The van der Waals surface area contributed by atoms with Gasteiger partial charge in [-0.3, -0.25) is 4.79 Å². The first-order chi connectivity index (χ1) is 8.36. The maximum atomic E-state index is 12.3. The summed E-state index contributed by atoms with van der Waals surface area (Å²) in [5.41, 5.74) is 5.20. The van der Waals surface area contributed by atoms with Gasteiger partial charge in [0.25, 0.3) is 0 Å². The van der Waals surface area contributed by atoms with Gasteiger partial charge in [0.15, 0.2) is 0 Å². The van der Waals surface area contributed by atoms with Gasteiger partial charge in [-0.15, -0.1) is 0 Å². The summed E-state index contributed by atoms with van der Waals surface area (Å²) in [6, 6.07) is 4.46. The van der Waals surface area contributed by atoms with E-state index >= 15 is 0 Å². The number of carbonyl (C=O) groups excluding carboxylic acids is 1. The molecule has 0 aliphatic heterocycles. The Bertz CT molecular complexity index is 436. The normalized spacial score (nSPS) is 23.3. The Morgan fingerprint density at radius 1 is 1.22 bits per heavy atom. The third kappa shape index (κ3) is 2.81. The predicted octanol–water partition coefficient (Wildman–Crippen LogP) is 2.38. The number of hydrogen-bond acceptors (Lipinski definition) is 2. The summed E-state index contributed by atoms with van der Waals surface area (Å²) in [6.45, 7) is 0. The molecule has 0 spiro atoms. The summed E-state index contributed by atoms with van der Waals surface area (Å²) in [4.78, 5) is 11.6. The minimum atomic E-state index is -4.36. The number of amides is 1. The van der Waals surface area contributed by atoms with Crippen molar-refractivity contribution in [2.75, 3.05) is 5.32 Å². The monoisotopic (exact) mass is 258 g/mol. The average Bonchev–Trinajstić information content (AvgIpc) is 2.24. The summed E-state index contributed by atoms with van der Waals surface area (Å²) in [6.07, 6.45) is -3.10. The maximum Gasteiger partial charge on any atom is 0.416 e. The Labute approximate surface area is 102 Å². The smallest absolute Gasteiger partial charge is 0.328 e. The van der Waals surface area contributed by atoms with E-state index < -0.39 is 11.7 Å². The van der Waals surface area contributed by atoms with Crippen molar-refractivity contribution in [1.82, 2.24) is 0 Å². The minimum Gasteiger partial charge on any atom is -0.328 e. The second kappa shape index (κ2) is 4.61. The largest absolute Gasteiger partial charge is 0.416 e. The van der Waals surface area contributed by atoms with E-state index in [4.69, 9.17) is 5.73 Å². The second-order valence-corrected chi connectivity index (χ2v) is 4.49. The van der Waals surface area contributed by atoms with Gasteiger partial charge in [0.05, 0.1) is 5.56 Å². The summed E-state index contributed by atoms with van der Waals surface area (Å²) in [5.74, 6) is -0.307. The standard InChI is InChI=1S/C12H13F3N2O/c13-12(14,15)8-1-3-10(4-2-8)17-11(18)7-5-9(16)6-7/h1-4,7,9H,5-6,16H2,(H,17,18). The third-order valence-corrected chi connectivity index (χ3v) is 3.03. The van der Waals surface area contributed by atoms with Gasteiger partial charge in [0, 0.05) is 17.6 Å². The molecule has 18 heavy (non-hydrogen) atoms. The fourth-order valence-corrected chi connectivity index (χ4v) is 1.86. The van der Waals surface area contributed by atoms with Gasteiger partial charge in [-0.1, -0.05) is 0 Å². The van der Waals surface area contributed by atoms with Crippen LogP contribution in [0.25, 0.3) is 0 Å². The lowest BCUT2D eigenvalue weighted by atomic mass is 9.80. The summed E-state index contributed by atoms with van der Waals surface area (Å²) >= 11 is 0. The van der Waals surface area contributed by atoms with E-state index in [1.807, 2.05) is 0 Å². The average molecular weight is 258 g/mol. The molecule has 1 saturated carbocycles. The molecule has 1 aromatic carbocycles. The molecule has 1 aromatic rings. The predicted molar refractivity (Wildman–Crippen MR) is 60.8 cm³/mol. The molecule has 3 N–H and O–H groups in total. The summed E-state index contributed by atoms with van der Waals surface area (Å²) in [5, 5.41) is 2.58. The van der Waals surface area contributed by atoms with Gasteiger partial charge >= 0.3 is 6.18 Å². The Balaban J connectivity index is 1.96. The molecular formula is C12H13F3N2O. The third-order valence-electron chi connectivity index (χ3n) is 3.03. The quantitative estimate of drug-likeness (QED) is 0.855. The fraction of sp³-hybridized carbons (Fsp3) is 0.417. The molecule has 0 saturated heterocycles. The molecule has 0 radical (unpaired) electrons. The molecule has 0 unspecified atom stereocenters. The van der Waals surface area contributed by atoms with Crippen LogP contribution in [-0.2, 0) is 11.0 Å². The van der Waals surface area contributed by atoms with E-state index in [-0.39, 0.29) is 17.9 Å². The zero-order valence-electron chi connectivity index (χ0n) is 9.50. The lowest BCUT2D eigenvalue weighted by Crippen LogP contribution is -2.42. The SMILES string of the molecule is NC1CC(C(=O)Nc2ccc(C(F)(F)F)cc2)C1. The zero-order chi connectivity index (χ0) is 13.3. The van der Waals surface area contributed by atoms with Gasteiger partial charge in [0.1, 0.15) is 0 Å². The Kier molecular flexibility index (Phi) is 3.30. The van der Waals surface area contributed by atoms with E-state index in [2.05, 4.69) is 5.32 Å². The van der Waals surface area contributed by atoms with Crippen molar-refractivity contribution in [3.05, 3.63) is 29.8 Å². The molecule has 1 aliphatic rings. The highest BCUT2D eigenvalue weighted by molar-refractivity contribution is 5.93. The van der Waals surface area contributed by atoms with Crippen LogP contribution in [0.1, 0.15) is 18.4 Å². The minimum absolute atomic E-state index is 0.0633. The van der Waals surface area contributed by atoms with Gasteiger partial charge in [-0.05, 0) is 37.1 Å². The number of anilines is 1. The van der Waals surface area contributed by atoms with Crippen LogP contribution in [0.15, 0.2) is 24.3 Å². The Morgan fingerprint density at radius 2 is 1.78 bits per heavy atom. The van der Waals surface area contributed by atoms with Crippen molar-refractivity contribution in [1.29, 1.82) is 0 Å². The maximum absolute atomic E-state index is 12.3. The van der Waals surface area contributed by atoms with Crippen LogP contribution < -0.4 is 11.1 Å². The van der Waals surface area contributed by atoms with E-state index in [0.717, 1.165) is 12.1 Å². The number of alkyl halides is 3. The molecule has 1 fully saturated rings. The molecule has 3 nitrogen and oxygen atoms in total. The molecule has 6 heteroatoms. The van der Waals surface area contributed by atoms with Gasteiger partial charge in [-0.25, -0.2) is 0 Å². The first kappa shape index (κ1) is 12.9. The molecule has 98 valence electrons. The molecule has 0 atom stereocenters. The number of benzene rings is 1. The van der Waals surface area contributed by atoms with Crippen molar-refractivity contribution in [3.63, 3.8) is 0 Å². The lowest BCUT2D eigenvalue weighted by Gasteiger charge is -2.31. The second-order valence-electron chi connectivity index (χ2n) is 4.49. The van der Waals surface area contributed by atoms with E-state index in [9.17, 15) is 18.0 Å². The molecule has 0 aromatic heterocycles. The van der Waals surface area contributed by atoms with Gasteiger partial charge < -0.3 is 11.1 Å². The van der Waals surface area contributed by atoms with Gasteiger partial charge in [0.2, 0.25) is 5.91 Å². The highest BCUT2D eigenvalue weighted by Gasteiger charge is 2.32. The van der Waals surface area contributed by atoms with Crippen LogP contribution in [0.4, 0.5) is 18.9 Å². The molecular weight excluding hydrogens is 245 g/mol. The van der Waals surface area contributed by atoms with Crippen molar-refractivity contribution in [2.24, 2.45) is 11.7 Å². The number of nitrogens with one attached hydrogen (secondary N) is 1.